The highest BCUT2D eigenvalue weighted by Crippen LogP contribution is 2.49. The first-order valence-electron chi connectivity index (χ1n) is 10.1. The van der Waals surface area contributed by atoms with E-state index in [1.807, 2.05) is 35.2 Å². The van der Waals surface area contributed by atoms with E-state index in [4.69, 9.17) is 0 Å². The van der Waals surface area contributed by atoms with Gasteiger partial charge in [-0.3, -0.25) is 14.4 Å². The van der Waals surface area contributed by atoms with E-state index >= 15 is 0 Å². The van der Waals surface area contributed by atoms with Crippen molar-refractivity contribution in [3.8, 4) is 5.75 Å². The molecule has 3 heterocycles. The summed E-state index contributed by atoms with van der Waals surface area (Å²) in [6, 6.07) is 9.61. The van der Waals surface area contributed by atoms with E-state index in [0.29, 0.717) is 18.4 Å². The molecule has 0 spiro atoms. The number of aromatic hydroxyl groups is 1. The Hall–Kier alpha value is -3.09. The van der Waals surface area contributed by atoms with Crippen LogP contribution in [0.2, 0.25) is 0 Å². The second-order valence-electron chi connectivity index (χ2n) is 8.34. The molecule has 1 saturated heterocycles. The number of hydrogen-bond donors (Lipinski definition) is 2. The summed E-state index contributed by atoms with van der Waals surface area (Å²) in [6.45, 7) is 2.95. The van der Waals surface area contributed by atoms with Gasteiger partial charge in [0.05, 0.1) is 6.04 Å². The first kappa shape index (κ1) is 18.0. The number of rotatable bonds is 3. The summed E-state index contributed by atoms with van der Waals surface area (Å²) in [5.41, 5.74) is -0.0267. The number of benzene rings is 1. The molecule has 2 fully saturated rings. The van der Waals surface area contributed by atoms with Crippen molar-refractivity contribution in [1.29, 1.82) is 0 Å². The lowest BCUT2D eigenvalue weighted by molar-refractivity contribution is 0.0479. The molecule has 2 bridgehead atoms. The molecule has 5 rings (SSSR count). The lowest BCUT2D eigenvalue weighted by Gasteiger charge is -2.40. The van der Waals surface area contributed by atoms with Crippen LogP contribution in [0, 0.1) is 11.8 Å². The number of nitrogens with one attached hydrogen (secondary N) is 1. The van der Waals surface area contributed by atoms with Gasteiger partial charge in [0.15, 0.2) is 11.4 Å². The Bertz CT molecular complexity index is 1060. The number of pyridine rings is 1. The number of piperidine rings is 1. The Kier molecular flexibility index (Phi) is 4.01. The maximum absolute atomic E-state index is 13.1. The topological polar surface area (TPSA) is 91.6 Å². The van der Waals surface area contributed by atoms with Gasteiger partial charge in [0.1, 0.15) is 5.56 Å². The van der Waals surface area contributed by atoms with E-state index < -0.39 is 17.1 Å². The minimum atomic E-state index is -0.800. The van der Waals surface area contributed by atoms with E-state index in [9.17, 15) is 19.5 Å². The molecule has 150 valence electrons. The molecule has 1 aromatic heterocycles. The summed E-state index contributed by atoms with van der Waals surface area (Å²) in [7, 11) is 0. The average Bonchev–Trinajstić information content (AvgIpc) is 3.22. The van der Waals surface area contributed by atoms with Gasteiger partial charge in [0.2, 0.25) is 5.43 Å². The first-order valence-corrected chi connectivity index (χ1v) is 10.1. The number of aromatic nitrogens is 1. The molecule has 3 aliphatic rings. The Morgan fingerprint density at radius 1 is 1.17 bits per heavy atom. The van der Waals surface area contributed by atoms with Gasteiger partial charge in [0, 0.05) is 25.3 Å². The fourth-order valence-corrected chi connectivity index (χ4v) is 5.46. The summed E-state index contributed by atoms with van der Waals surface area (Å²) in [5, 5.41) is 13.2. The minimum absolute atomic E-state index is 0.00519. The van der Waals surface area contributed by atoms with E-state index in [1.54, 1.807) is 4.57 Å². The summed E-state index contributed by atoms with van der Waals surface area (Å²) < 4.78 is 1.60. The van der Waals surface area contributed by atoms with Gasteiger partial charge in [0.25, 0.3) is 11.8 Å². The van der Waals surface area contributed by atoms with Crippen LogP contribution in [-0.4, -0.2) is 38.5 Å². The summed E-state index contributed by atoms with van der Waals surface area (Å²) in [4.78, 5) is 40.3. The van der Waals surface area contributed by atoms with Gasteiger partial charge < -0.3 is 19.9 Å². The molecule has 1 unspecified atom stereocenters. The van der Waals surface area contributed by atoms with Crippen LogP contribution in [0.3, 0.4) is 0 Å². The smallest absolute Gasteiger partial charge is 0.275 e. The van der Waals surface area contributed by atoms with Crippen molar-refractivity contribution in [2.45, 2.75) is 44.9 Å². The third-order valence-corrected chi connectivity index (χ3v) is 6.90. The standard InChI is InChI=1S/C22H23N3O4/c1-12-14-7-8-16(12)25-17(14)11-24-10-15(19(26)20(27)18(24)22(25)29)21(28)23-9-13-5-3-2-4-6-13/h2-6,10,12,14,16-17,27H,7-9,11H2,1H3,(H,23,28)/t12?,14-,16+,17+/m1/s1. The maximum Gasteiger partial charge on any atom is 0.275 e. The number of amides is 2. The normalized spacial score (nSPS) is 26.9. The van der Waals surface area contributed by atoms with Crippen molar-refractivity contribution >= 4 is 11.8 Å². The van der Waals surface area contributed by atoms with Gasteiger partial charge in [-0.2, -0.15) is 0 Å². The molecular formula is C22H23N3O4. The molecular weight excluding hydrogens is 370 g/mol. The molecule has 29 heavy (non-hydrogen) atoms. The summed E-state index contributed by atoms with van der Waals surface area (Å²) in [6.07, 6.45) is 3.49. The molecule has 1 aromatic carbocycles. The SMILES string of the molecule is CC1[C@H]2CC[C@@H]1N1C(=O)c3c(O)c(=O)c(C(=O)NCc4ccccc4)cn3C[C@@H]21. The van der Waals surface area contributed by atoms with Crippen LogP contribution in [0.4, 0.5) is 0 Å². The quantitative estimate of drug-likeness (QED) is 0.831. The van der Waals surface area contributed by atoms with Gasteiger partial charge in [-0.05, 0) is 30.2 Å². The van der Waals surface area contributed by atoms with E-state index in [2.05, 4.69) is 12.2 Å². The second kappa shape index (κ2) is 6.47. The van der Waals surface area contributed by atoms with Crippen molar-refractivity contribution in [2.75, 3.05) is 0 Å². The van der Waals surface area contributed by atoms with Crippen molar-refractivity contribution in [3.63, 3.8) is 0 Å². The monoisotopic (exact) mass is 393 g/mol. The van der Waals surface area contributed by atoms with Crippen molar-refractivity contribution < 1.29 is 14.7 Å². The van der Waals surface area contributed by atoms with Crippen LogP contribution in [0.15, 0.2) is 41.3 Å². The molecule has 7 nitrogen and oxygen atoms in total. The molecule has 2 amide bonds. The van der Waals surface area contributed by atoms with Crippen LogP contribution in [0.25, 0.3) is 0 Å². The van der Waals surface area contributed by atoms with E-state index in [0.717, 1.165) is 18.4 Å². The fraction of sp³-hybridized carbons (Fsp3) is 0.409. The largest absolute Gasteiger partial charge is 0.503 e. The Labute approximate surface area is 168 Å². The van der Waals surface area contributed by atoms with Crippen LogP contribution >= 0.6 is 0 Å². The molecule has 2 aliphatic heterocycles. The van der Waals surface area contributed by atoms with Crippen LogP contribution in [0.5, 0.6) is 5.75 Å². The van der Waals surface area contributed by atoms with E-state index in [1.165, 1.54) is 6.20 Å². The predicted molar refractivity (Wildman–Crippen MR) is 106 cm³/mol. The lowest BCUT2D eigenvalue weighted by Crippen LogP contribution is -2.52. The summed E-state index contributed by atoms with van der Waals surface area (Å²) >= 11 is 0. The highest BCUT2D eigenvalue weighted by Gasteiger charge is 2.55. The molecule has 1 aliphatic carbocycles. The fourth-order valence-electron chi connectivity index (χ4n) is 5.46. The molecule has 1 saturated carbocycles. The Balaban J connectivity index is 1.47. The molecule has 2 aromatic rings. The van der Waals surface area contributed by atoms with Gasteiger partial charge in [-0.15, -0.1) is 0 Å². The van der Waals surface area contributed by atoms with Crippen LogP contribution < -0.4 is 10.7 Å². The Morgan fingerprint density at radius 2 is 1.93 bits per heavy atom. The number of carbonyl (C=O) groups excluding carboxylic acids is 2. The zero-order valence-corrected chi connectivity index (χ0v) is 16.2. The zero-order valence-electron chi connectivity index (χ0n) is 16.2. The van der Waals surface area contributed by atoms with E-state index in [-0.39, 0.29) is 35.8 Å². The second-order valence-corrected chi connectivity index (χ2v) is 8.34. The average molecular weight is 393 g/mol. The molecule has 2 N–H and O–H groups in total. The number of carbonyl (C=O) groups is 2. The minimum Gasteiger partial charge on any atom is -0.503 e. The zero-order chi connectivity index (χ0) is 20.3. The maximum atomic E-state index is 13.1. The van der Waals surface area contributed by atoms with Crippen molar-refractivity contribution in [3.05, 3.63) is 63.6 Å². The number of hydrogen-bond acceptors (Lipinski definition) is 4. The number of fused-ring (bicyclic) bond motifs is 6. The highest BCUT2D eigenvalue weighted by molar-refractivity contribution is 5.99. The number of nitrogens with zero attached hydrogens (tertiary/aromatic N) is 2. The highest BCUT2D eigenvalue weighted by atomic mass is 16.3. The summed E-state index contributed by atoms with van der Waals surface area (Å²) in [5.74, 6) is -0.640. The van der Waals surface area contributed by atoms with Gasteiger partial charge >= 0.3 is 0 Å². The van der Waals surface area contributed by atoms with Crippen LogP contribution in [-0.2, 0) is 13.1 Å². The van der Waals surface area contributed by atoms with Crippen molar-refractivity contribution in [2.24, 2.45) is 11.8 Å². The third-order valence-electron chi connectivity index (χ3n) is 6.90. The Morgan fingerprint density at radius 3 is 2.69 bits per heavy atom. The third kappa shape index (κ3) is 2.60. The van der Waals surface area contributed by atoms with Crippen molar-refractivity contribution in [1.82, 2.24) is 14.8 Å². The van der Waals surface area contributed by atoms with Gasteiger partial charge in [-0.25, -0.2) is 0 Å². The molecule has 4 atom stereocenters. The van der Waals surface area contributed by atoms with Gasteiger partial charge in [-0.1, -0.05) is 37.3 Å². The molecule has 7 heteroatoms. The predicted octanol–water partition coefficient (Wildman–Crippen LogP) is 1.74. The molecule has 0 radical (unpaired) electrons. The van der Waals surface area contributed by atoms with Crippen LogP contribution in [0.1, 0.15) is 46.2 Å². The lowest BCUT2D eigenvalue weighted by atomic mass is 9.92. The first-order chi connectivity index (χ1) is 14.0.